The van der Waals surface area contributed by atoms with E-state index in [1.54, 1.807) is 0 Å². The summed E-state index contributed by atoms with van der Waals surface area (Å²) in [6.45, 7) is 0.200. The largest absolute Gasteiger partial charge is 0.435 e. The Morgan fingerprint density at radius 1 is 1.02 bits per heavy atom. The Morgan fingerprint density at radius 3 is 2.38 bits per heavy atom. The molecule has 3 aliphatic rings. The van der Waals surface area contributed by atoms with Crippen LogP contribution in [0.2, 0.25) is 0 Å². The molecule has 4 aromatic rings. The summed E-state index contributed by atoms with van der Waals surface area (Å²) in [5, 5.41) is 14.3. The minimum Gasteiger partial charge on any atom is -0.378 e. The van der Waals surface area contributed by atoms with Gasteiger partial charge in [-0.25, -0.2) is 18.2 Å². The van der Waals surface area contributed by atoms with Crippen LogP contribution in [0.5, 0.6) is 0 Å². The van der Waals surface area contributed by atoms with Crippen LogP contribution in [0.4, 0.5) is 35.1 Å². The first-order valence-electron chi connectivity index (χ1n) is 17.0. The number of rotatable bonds is 9. The first-order valence-corrected chi connectivity index (χ1v) is 17.0. The highest BCUT2D eigenvalue weighted by atomic mass is 19.4. The first-order chi connectivity index (χ1) is 24.9. The highest BCUT2D eigenvalue weighted by Crippen LogP contribution is 2.68. The average Bonchev–Trinajstić information content (AvgIpc) is 3.51. The van der Waals surface area contributed by atoms with E-state index in [0.717, 1.165) is 38.0 Å². The number of halogens is 8. The number of aromatic nitrogens is 3. The molecule has 2 fully saturated rings. The molecule has 2 heterocycles. The van der Waals surface area contributed by atoms with Gasteiger partial charge in [0.25, 0.3) is 5.92 Å². The second-order valence-electron chi connectivity index (χ2n) is 14.1. The maximum Gasteiger partial charge on any atom is 0.435 e. The second-order valence-corrected chi connectivity index (χ2v) is 14.1. The topological polar surface area (TPSA) is 85.1 Å². The molecule has 14 heteroatoms. The van der Waals surface area contributed by atoms with Crippen molar-refractivity contribution < 1.29 is 49.8 Å². The molecule has 3 atom stereocenters. The van der Waals surface area contributed by atoms with Crippen molar-refractivity contribution in [3.63, 3.8) is 0 Å². The summed E-state index contributed by atoms with van der Waals surface area (Å²) < 4.78 is 116. The van der Waals surface area contributed by atoms with Gasteiger partial charge in [-0.3, -0.25) is 14.3 Å². The zero-order valence-corrected chi connectivity index (χ0v) is 28.1. The summed E-state index contributed by atoms with van der Waals surface area (Å²) in [5.74, 6) is -5.51. The number of carbonyl (C=O) groups excluding carboxylic acids is 2. The zero-order chi connectivity index (χ0) is 38.0. The van der Waals surface area contributed by atoms with E-state index in [-0.39, 0.29) is 46.5 Å². The molecule has 2 aromatic heterocycles. The molecule has 0 amide bonds. The molecule has 276 valence electrons. The molecule has 1 N–H and O–H groups in total. The van der Waals surface area contributed by atoms with Gasteiger partial charge >= 0.3 is 6.18 Å². The van der Waals surface area contributed by atoms with Gasteiger partial charge in [-0.05, 0) is 105 Å². The van der Waals surface area contributed by atoms with E-state index in [1.807, 2.05) is 0 Å². The summed E-state index contributed by atoms with van der Waals surface area (Å²) in [6.07, 6.45) is -3.63. The number of fused-ring (bicyclic) bond motifs is 3. The van der Waals surface area contributed by atoms with Crippen LogP contribution in [-0.4, -0.2) is 37.0 Å². The van der Waals surface area contributed by atoms with E-state index >= 15 is 8.78 Å². The lowest BCUT2D eigenvalue weighted by Crippen LogP contribution is -2.24. The van der Waals surface area contributed by atoms with Crippen molar-refractivity contribution in [1.82, 2.24) is 14.8 Å². The molecule has 0 radical (unpaired) electrons. The third-order valence-corrected chi connectivity index (χ3v) is 10.2. The smallest absolute Gasteiger partial charge is 0.378 e. The Kier molecular flexibility index (Phi) is 9.08. The lowest BCUT2D eigenvalue weighted by molar-refractivity contribution is -0.142. The van der Waals surface area contributed by atoms with Gasteiger partial charge in [0, 0.05) is 35.4 Å². The Balaban J connectivity index is 1.33. The molecular formula is C39H31F8N3O3. The van der Waals surface area contributed by atoms with Crippen molar-refractivity contribution in [3.8, 4) is 23.0 Å². The third-order valence-electron chi connectivity index (χ3n) is 10.2. The van der Waals surface area contributed by atoms with Gasteiger partial charge in [0.1, 0.15) is 41.0 Å². The number of hydrogen-bond acceptors (Lipinski definition) is 5. The molecule has 53 heavy (non-hydrogen) atoms. The molecule has 0 saturated heterocycles. The standard InChI is InChI=1S/C39H31F8N3O3/c1-20(51)29-16-22(4-7-32(29)42)28-6-5-26(8-11-37(53)9-2-3-10-37)48-34(28)23(12-21-13-24(40)17-25(41)14-21)15-27(52)19-50-36-33(35(49-50)39(45,46)47)30-18-31(30)38(36,43)44/h4-7,13-14,16-17,23,30-31,53H,2-3,9-10,12,15,18-19H2,1H3/t23-,30+,31-/m1/s1. The van der Waals surface area contributed by atoms with Crippen LogP contribution in [0.15, 0.2) is 48.5 Å². The van der Waals surface area contributed by atoms with Gasteiger partial charge in [-0.1, -0.05) is 12.0 Å². The van der Waals surface area contributed by atoms with Crippen molar-refractivity contribution in [2.45, 2.75) is 87.9 Å². The SMILES string of the molecule is CC(=O)c1cc(-c2ccc(C#CC3(O)CCCC3)nc2[C@@H](CC(=O)Cn2nc(C(F)(F)F)c3c2C(F)(F)[C@@H]2C[C@H]32)Cc2cc(F)cc(F)c2)ccc1F. The number of Topliss-reactive ketones (excluding diaryl/α,β-unsaturated/α-hetero) is 2. The number of hydrogen-bond donors (Lipinski definition) is 1. The van der Waals surface area contributed by atoms with Crippen molar-refractivity contribution in [2.75, 3.05) is 0 Å². The van der Waals surface area contributed by atoms with Crippen LogP contribution in [0.1, 0.15) is 102 Å². The number of nitrogens with zero attached hydrogens (tertiary/aromatic N) is 3. The van der Waals surface area contributed by atoms with Crippen LogP contribution in [-0.2, 0) is 29.9 Å². The van der Waals surface area contributed by atoms with Gasteiger partial charge in [0.05, 0.1) is 11.3 Å². The fourth-order valence-electron chi connectivity index (χ4n) is 7.71. The minimum atomic E-state index is -5.05. The number of aliphatic hydroxyl groups is 1. The van der Waals surface area contributed by atoms with Gasteiger partial charge in [0.2, 0.25) is 0 Å². The normalized spacial score (nSPS) is 20.0. The maximum absolute atomic E-state index is 15.3. The average molecular weight is 742 g/mol. The maximum atomic E-state index is 15.3. The van der Waals surface area contributed by atoms with E-state index in [2.05, 4.69) is 21.9 Å². The molecule has 0 bridgehead atoms. The van der Waals surface area contributed by atoms with Crippen LogP contribution in [0.25, 0.3) is 11.1 Å². The molecule has 0 spiro atoms. The van der Waals surface area contributed by atoms with Gasteiger partial charge in [-0.15, -0.1) is 0 Å². The fraction of sp³-hybridized carbons (Fsp3) is 0.385. The summed E-state index contributed by atoms with van der Waals surface area (Å²) >= 11 is 0. The molecule has 6 nitrogen and oxygen atoms in total. The number of benzene rings is 2. The van der Waals surface area contributed by atoms with E-state index in [1.165, 1.54) is 24.3 Å². The monoisotopic (exact) mass is 741 g/mol. The summed E-state index contributed by atoms with van der Waals surface area (Å²) in [4.78, 5) is 30.8. The van der Waals surface area contributed by atoms with Crippen LogP contribution in [0.3, 0.4) is 0 Å². The lowest BCUT2D eigenvalue weighted by atomic mass is 9.86. The molecule has 0 aliphatic heterocycles. The van der Waals surface area contributed by atoms with Crippen LogP contribution < -0.4 is 0 Å². The lowest BCUT2D eigenvalue weighted by Gasteiger charge is -2.21. The molecule has 7 rings (SSSR count). The fourth-order valence-corrected chi connectivity index (χ4v) is 7.71. The number of alkyl halides is 5. The van der Waals surface area contributed by atoms with E-state index < -0.39 is 94.4 Å². The molecule has 3 aliphatic carbocycles. The predicted molar refractivity (Wildman–Crippen MR) is 174 cm³/mol. The summed E-state index contributed by atoms with van der Waals surface area (Å²) in [5.41, 5.74) is -3.73. The molecular weight excluding hydrogens is 710 g/mol. The Labute approximate surface area is 298 Å². The quantitative estimate of drug-likeness (QED) is 0.106. The minimum absolute atomic E-state index is 0.0688. The van der Waals surface area contributed by atoms with E-state index in [0.29, 0.717) is 23.6 Å². The first kappa shape index (κ1) is 36.5. The second kappa shape index (κ2) is 13.2. The third kappa shape index (κ3) is 7.11. The molecule has 0 unspecified atom stereocenters. The highest BCUT2D eigenvalue weighted by molar-refractivity contribution is 5.95. The Bertz CT molecular complexity index is 2190. The Hall–Kier alpha value is -4.90. The van der Waals surface area contributed by atoms with Crippen LogP contribution >= 0.6 is 0 Å². The van der Waals surface area contributed by atoms with Gasteiger partial charge in [-0.2, -0.15) is 27.1 Å². The highest BCUT2D eigenvalue weighted by Gasteiger charge is 2.68. The van der Waals surface area contributed by atoms with E-state index in [4.69, 9.17) is 0 Å². The van der Waals surface area contributed by atoms with E-state index in [9.17, 15) is 41.0 Å². The summed E-state index contributed by atoms with van der Waals surface area (Å²) in [6, 6.07) is 9.40. The molecule has 2 aromatic carbocycles. The Morgan fingerprint density at radius 2 is 1.72 bits per heavy atom. The van der Waals surface area contributed by atoms with Gasteiger partial charge in [0.15, 0.2) is 17.3 Å². The number of pyridine rings is 1. The summed E-state index contributed by atoms with van der Waals surface area (Å²) in [7, 11) is 0. The molecule has 2 saturated carbocycles. The van der Waals surface area contributed by atoms with Crippen molar-refractivity contribution in [3.05, 3.63) is 105 Å². The number of ketones is 2. The van der Waals surface area contributed by atoms with Crippen molar-refractivity contribution in [1.29, 1.82) is 0 Å². The predicted octanol–water partition coefficient (Wildman–Crippen LogP) is 8.44. The van der Waals surface area contributed by atoms with Crippen molar-refractivity contribution >= 4 is 11.6 Å². The zero-order valence-electron chi connectivity index (χ0n) is 28.1. The van der Waals surface area contributed by atoms with Crippen LogP contribution in [0, 0.1) is 35.2 Å². The van der Waals surface area contributed by atoms with Gasteiger partial charge < -0.3 is 5.11 Å². The van der Waals surface area contributed by atoms with Crippen molar-refractivity contribution in [2.24, 2.45) is 5.92 Å². The number of carbonyl (C=O) groups is 2.